The molecule has 3 aromatic heterocycles. The van der Waals surface area contributed by atoms with Gasteiger partial charge in [-0.2, -0.15) is 0 Å². The van der Waals surface area contributed by atoms with Crippen molar-refractivity contribution in [2.45, 2.75) is 45.1 Å². The Bertz CT molecular complexity index is 3700. The SMILES string of the molecule is CN(C)C(=N)c1ccc(-c2ccc(F)c(CCC(=O)c3ccc(Cl)s3)c2)cc1.NCc1cc(Br)ccc1F.O=C(CCc1cc(Br)ccc1F)c1ccc(Cl)s1.[C-]#[N+]c1ccc(-c2ccc(F)c(CCC(=O)c3ccc(Cl)s3)c2)cc1. The van der Waals surface area contributed by atoms with Gasteiger partial charge < -0.3 is 10.6 Å². The average Bonchev–Trinajstić information content (AvgIpc) is 4.25. The molecule has 0 unspecified atom stereocenters. The number of nitrogens with zero attached hydrogens (tertiary/aromatic N) is 2. The van der Waals surface area contributed by atoms with E-state index < -0.39 is 0 Å². The van der Waals surface area contributed by atoms with Gasteiger partial charge in [0.25, 0.3) is 0 Å². The highest BCUT2D eigenvalue weighted by molar-refractivity contribution is 9.10. The number of aryl methyl sites for hydroxylation is 3. The van der Waals surface area contributed by atoms with Gasteiger partial charge in [-0.05, 0) is 155 Å². The fourth-order valence-corrected chi connectivity index (χ4v) is 11.5. The summed E-state index contributed by atoms with van der Waals surface area (Å²) >= 11 is 27.7. The lowest BCUT2D eigenvalue weighted by atomic mass is 9.98. The molecule has 0 radical (unpaired) electrons. The molecule has 0 atom stereocenters. The van der Waals surface area contributed by atoms with Crippen molar-refractivity contribution in [3.63, 3.8) is 0 Å². The van der Waals surface area contributed by atoms with E-state index in [1.807, 2.05) is 50.5 Å². The molecule has 0 saturated carbocycles. The Labute approximate surface area is 511 Å². The van der Waals surface area contributed by atoms with Crippen molar-refractivity contribution < 1.29 is 31.9 Å². The van der Waals surface area contributed by atoms with E-state index in [4.69, 9.17) is 52.5 Å². The zero-order valence-electron chi connectivity index (χ0n) is 43.3. The summed E-state index contributed by atoms with van der Waals surface area (Å²) in [5.41, 5.74) is 12.3. The molecule has 9 aromatic rings. The van der Waals surface area contributed by atoms with E-state index in [0.29, 0.717) is 80.7 Å². The van der Waals surface area contributed by atoms with Crippen molar-refractivity contribution in [1.82, 2.24) is 4.90 Å². The molecule has 0 bridgehead atoms. The van der Waals surface area contributed by atoms with Crippen LogP contribution in [0.15, 0.2) is 167 Å². The molecule has 7 nitrogen and oxygen atoms in total. The van der Waals surface area contributed by atoms with Gasteiger partial charge in [-0.15, -0.1) is 34.0 Å². The van der Waals surface area contributed by atoms with Gasteiger partial charge in [0.15, 0.2) is 23.0 Å². The van der Waals surface area contributed by atoms with Gasteiger partial charge in [-0.3, -0.25) is 19.8 Å². The average molecular weight is 1340 g/mol. The first kappa shape index (κ1) is 64.1. The van der Waals surface area contributed by atoms with Gasteiger partial charge in [0.2, 0.25) is 0 Å². The monoisotopic (exact) mass is 1330 g/mol. The number of Topliss-reactive ketones (excluding diaryl/α,β-unsaturated/α-hetero) is 3. The van der Waals surface area contributed by atoms with E-state index in [-0.39, 0.29) is 66.4 Å². The van der Waals surface area contributed by atoms with E-state index in [1.54, 1.807) is 102 Å². The van der Waals surface area contributed by atoms with Gasteiger partial charge >= 0.3 is 0 Å². The van der Waals surface area contributed by atoms with Crippen LogP contribution in [0.3, 0.4) is 0 Å². The summed E-state index contributed by atoms with van der Waals surface area (Å²) in [6, 6.07) is 44.2. The number of carbonyl (C=O) groups excluding carboxylic acids is 3. The molecular weight excluding hydrogens is 1290 g/mol. The lowest BCUT2D eigenvalue weighted by Crippen LogP contribution is -2.21. The second-order valence-corrected chi connectivity index (χ2v) is 24.8. The number of nitrogens with two attached hydrogens (primary N) is 1. The van der Waals surface area contributed by atoms with Crippen molar-refractivity contribution in [1.29, 1.82) is 5.41 Å². The first-order valence-electron chi connectivity index (χ1n) is 24.6. The quantitative estimate of drug-likeness (QED) is 0.0329. The smallest absolute Gasteiger partial charge is 0.187 e. The Kier molecular flexibility index (Phi) is 24.8. The minimum Gasteiger partial charge on any atom is -0.363 e. The molecule has 9 rings (SSSR count). The lowest BCUT2D eigenvalue weighted by molar-refractivity contribution is 0.0978. The molecular formula is C62H49Br2Cl3F4N4O3S3. The molecule has 0 aliphatic rings. The molecule has 0 spiro atoms. The number of carbonyl (C=O) groups is 3. The molecule has 416 valence electrons. The maximum Gasteiger partial charge on any atom is 0.187 e. The molecule has 0 aliphatic carbocycles. The molecule has 0 fully saturated rings. The third-order valence-corrected chi connectivity index (χ3v) is 16.8. The maximum atomic E-state index is 14.2. The van der Waals surface area contributed by atoms with Crippen LogP contribution in [0.4, 0.5) is 23.2 Å². The Morgan fingerprint density at radius 1 is 0.506 bits per heavy atom. The number of rotatable bonds is 16. The Balaban J connectivity index is 0.000000183. The third-order valence-electron chi connectivity index (χ3n) is 12.0. The predicted molar refractivity (Wildman–Crippen MR) is 332 cm³/mol. The Hall–Kier alpha value is -6.10. The van der Waals surface area contributed by atoms with Crippen molar-refractivity contribution in [3.05, 3.63) is 257 Å². The number of hydrogen-bond acceptors (Lipinski definition) is 8. The highest BCUT2D eigenvalue weighted by Gasteiger charge is 2.15. The van der Waals surface area contributed by atoms with Crippen LogP contribution in [0.25, 0.3) is 27.1 Å². The van der Waals surface area contributed by atoms with Gasteiger partial charge in [-0.25, -0.2) is 22.4 Å². The minimum absolute atomic E-state index is 0.00808. The molecule has 6 aromatic carbocycles. The van der Waals surface area contributed by atoms with E-state index in [0.717, 1.165) is 36.8 Å². The van der Waals surface area contributed by atoms with Crippen molar-refractivity contribution in [2.24, 2.45) is 5.73 Å². The van der Waals surface area contributed by atoms with Crippen molar-refractivity contribution >= 4 is 130 Å². The highest BCUT2D eigenvalue weighted by atomic mass is 79.9. The number of amidine groups is 1. The fourth-order valence-electron chi connectivity index (χ4n) is 7.64. The number of halogens is 9. The summed E-state index contributed by atoms with van der Waals surface area (Å²) in [4.78, 5) is 43.2. The topological polar surface area (TPSA) is 109 Å². The maximum absolute atomic E-state index is 14.2. The zero-order chi connectivity index (χ0) is 58.8. The normalized spacial score (nSPS) is 10.5. The minimum atomic E-state index is -0.321. The summed E-state index contributed by atoms with van der Waals surface area (Å²) in [6.07, 6.45) is 1.79. The van der Waals surface area contributed by atoms with Gasteiger partial charge in [0.1, 0.15) is 29.1 Å². The summed E-state index contributed by atoms with van der Waals surface area (Å²) in [7, 11) is 3.65. The predicted octanol–water partition coefficient (Wildman–Crippen LogP) is 19.6. The number of benzene rings is 6. The lowest BCUT2D eigenvalue weighted by Gasteiger charge is -2.14. The summed E-state index contributed by atoms with van der Waals surface area (Å²) in [6.45, 7) is 7.23. The highest BCUT2D eigenvalue weighted by Crippen LogP contribution is 2.30. The van der Waals surface area contributed by atoms with Gasteiger partial charge in [0, 0.05) is 60.0 Å². The van der Waals surface area contributed by atoms with Crippen LogP contribution < -0.4 is 5.73 Å². The van der Waals surface area contributed by atoms with Crippen LogP contribution in [0.5, 0.6) is 0 Å². The zero-order valence-corrected chi connectivity index (χ0v) is 51.2. The van der Waals surface area contributed by atoms with E-state index >= 15 is 0 Å². The molecule has 0 aliphatic heterocycles. The van der Waals surface area contributed by atoms with Crippen LogP contribution in [-0.2, 0) is 25.8 Å². The molecule has 0 saturated heterocycles. The van der Waals surface area contributed by atoms with Gasteiger partial charge in [0.05, 0.1) is 34.2 Å². The molecule has 81 heavy (non-hydrogen) atoms. The van der Waals surface area contributed by atoms with Crippen molar-refractivity contribution in [3.8, 4) is 22.3 Å². The second kappa shape index (κ2) is 31.4. The first-order valence-corrected chi connectivity index (χ1v) is 29.7. The number of hydrogen-bond donors (Lipinski definition) is 2. The van der Waals surface area contributed by atoms with Crippen LogP contribution in [0.1, 0.15) is 76.1 Å². The Morgan fingerprint density at radius 3 is 1.17 bits per heavy atom. The second-order valence-electron chi connectivity index (χ2n) is 17.8. The van der Waals surface area contributed by atoms with E-state index in [1.165, 1.54) is 58.3 Å². The van der Waals surface area contributed by atoms with Gasteiger partial charge in [-0.1, -0.05) is 127 Å². The third kappa shape index (κ3) is 19.5. The molecule has 0 amide bonds. The summed E-state index contributed by atoms with van der Waals surface area (Å²) in [5, 5.41) is 8.03. The number of nitrogens with one attached hydrogen (secondary N) is 1. The Morgan fingerprint density at radius 2 is 0.840 bits per heavy atom. The van der Waals surface area contributed by atoms with E-state index in [2.05, 4.69) is 36.7 Å². The van der Waals surface area contributed by atoms with Crippen LogP contribution in [0, 0.1) is 35.3 Å². The van der Waals surface area contributed by atoms with Crippen LogP contribution in [-0.4, -0.2) is 42.2 Å². The molecule has 3 N–H and O–H groups in total. The van der Waals surface area contributed by atoms with Crippen molar-refractivity contribution in [2.75, 3.05) is 14.1 Å². The standard InChI is InChI=1S/C22H20ClFN2OS.C20H13ClFNOS.C13H9BrClFOS.C7H7BrFN/c1-26(2)22(25)15-5-3-14(4-6-15)16-7-9-18(24)17(13-16)8-10-19(27)20-11-12-21(23)28-20;1-23-16-6-2-13(3-7-16)14-4-8-17(22)15(12-14)5-9-18(24)19-10-11-20(21)25-19;14-9-2-3-10(16)8(7-9)1-4-11(17)12-5-6-13(15)18-12;8-6-1-2-7(9)5(3-6)4-10/h3-7,9,11-13,25H,8,10H2,1-2H3;2-4,6-8,10-12H,5,9H2;2-3,5-7H,1,4H2;1-3H,4,10H2. The summed E-state index contributed by atoms with van der Waals surface area (Å²) in [5.74, 6) is -0.813. The van der Waals surface area contributed by atoms with Crippen LogP contribution in [0.2, 0.25) is 13.0 Å². The summed E-state index contributed by atoms with van der Waals surface area (Å²) < 4.78 is 57.9. The number of thiophene rings is 3. The fraction of sp³-hybridized carbons (Fsp3) is 0.145. The molecule has 3 heterocycles. The van der Waals surface area contributed by atoms with E-state index in [9.17, 15) is 31.9 Å². The van der Waals surface area contributed by atoms with Crippen LogP contribution >= 0.6 is 101 Å². The number of ketones is 3. The largest absolute Gasteiger partial charge is 0.363 e. The molecule has 19 heteroatoms. The first-order chi connectivity index (χ1) is 38.7.